The molecule has 20 heavy (non-hydrogen) atoms. The molecular formula is C19H28O. The first-order valence-electron chi connectivity index (χ1n) is 8.50. The van der Waals surface area contributed by atoms with Gasteiger partial charge in [0, 0.05) is 0 Å². The van der Waals surface area contributed by atoms with E-state index in [1.807, 2.05) is 0 Å². The van der Waals surface area contributed by atoms with Gasteiger partial charge in [-0.1, -0.05) is 50.8 Å². The average Bonchev–Trinajstić information content (AvgIpc) is 3.11. The minimum absolute atomic E-state index is 0.314. The van der Waals surface area contributed by atoms with Crippen LogP contribution in [0.4, 0.5) is 0 Å². The summed E-state index contributed by atoms with van der Waals surface area (Å²) in [4.78, 5) is 0. The molecule has 1 aromatic carbocycles. The van der Waals surface area contributed by atoms with Crippen LogP contribution in [0.15, 0.2) is 18.2 Å². The van der Waals surface area contributed by atoms with Gasteiger partial charge in [0.15, 0.2) is 0 Å². The first-order valence-corrected chi connectivity index (χ1v) is 8.50. The molecule has 1 atom stereocenters. The number of epoxide rings is 1. The largest absolute Gasteiger partial charge is 0.366 e. The van der Waals surface area contributed by atoms with Crippen LogP contribution in [-0.4, -0.2) is 11.7 Å². The average molecular weight is 272 g/mol. The Morgan fingerprint density at radius 2 is 1.95 bits per heavy atom. The van der Waals surface area contributed by atoms with Crippen molar-refractivity contribution < 1.29 is 4.74 Å². The highest BCUT2D eigenvalue weighted by Gasteiger charge is 2.55. The summed E-state index contributed by atoms with van der Waals surface area (Å²) >= 11 is 0. The van der Waals surface area contributed by atoms with E-state index in [0.717, 1.165) is 0 Å². The SMILES string of the molecule is CCCc1ccc(CCC2OC23CCCCC3)c(C)c1. The molecular weight excluding hydrogens is 244 g/mol. The minimum Gasteiger partial charge on any atom is -0.366 e. The molecule has 0 aromatic heterocycles. The lowest BCUT2D eigenvalue weighted by atomic mass is 9.84. The summed E-state index contributed by atoms with van der Waals surface area (Å²) in [6, 6.07) is 7.04. The third-order valence-electron chi connectivity index (χ3n) is 5.23. The molecule has 2 aliphatic rings. The quantitative estimate of drug-likeness (QED) is 0.689. The first kappa shape index (κ1) is 14.1. The second-order valence-corrected chi connectivity index (χ2v) is 6.78. The molecule has 1 heterocycles. The predicted molar refractivity (Wildman–Crippen MR) is 84.2 cm³/mol. The van der Waals surface area contributed by atoms with E-state index in [1.165, 1.54) is 74.5 Å². The number of hydrogen-bond acceptors (Lipinski definition) is 1. The zero-order valence-electron chi connectivity index (χ0n) is 13.1. The highest BCUT2D eigenvalue weighted by atomic mass is 16.6. The fourth-order valence-electron chi connectivity index (χ4n) is 3.93. The summed E-state index contributed by atoms with van der Waals surface area (Å²) in [5.74, 6) is 0. The van der Waals surface area contributed by atoms with Crippen molar-refractivity contribution in [1.82, 2.24) is 0 Å². The van der Waals surface area contributed by atoms with Gasteiger partial charge in [0.2, 0.25) is 0 Å². The van der Waals surface area contributed by atoms with Crippen molar-refractivity contribution in [2.24, 2.45) is 0 Å². The molecule has 2 fully saturated rings. The van der Waals surface area contributed by atoms with Crippen LogP contribution in [-0.2, 0) is 17.6 Å². The van der Waals surface area contributed by atoms with Crippen LogP contribution in [0.25, 0.3) is 0 Å². The van der Waals surface area contributed by atoms with Gasteiger partial charge in [0.05, 0.1) is 11.7 Å². The summed E-state index contributed by atoms with van der Waals surface area (Å²) in [5, 5.41) is 0. The summed E-state index contributed by atoms with van der Waals surface area (Å²) in [5.41, 5.74) is 4.79. The normalized spacial score (nSPS) is 24.0. The summed E-state index contributed by atoms with van der Waals surface area (Å²) < 4.78 is 6.07. The van der Waals surface area contributed by atoms with Gasteiger partial charge < -0.3 is 4.74 Å². The lowest BCUT2D eigenvalue weighted by Gasteiger charge is -2.18. The molecule has 1 spiro atoms. The fourth-order valence-corrected chi connectivity index (χ4v) is 3.93. The molecule has 0 radical (unpaired) electrons. The molecule has 0 amide bonds. The maximum absolute atomic E-state index is 6.07. The van der Waals surface area contributed by atoms with Gasteiger partial charge in [-0.2, -0.15) is 0 Å². The van der Waals surface area contributed by atoms with Crippen LogP contribution in [0, 0.1) is 6.92 Å². The lowest BCUT2D eigenvalue weighted by molar-refractivity contribution is 0.233. The predicted octanol–water partition coefficient (Wildman–Crippen LogP) is 4.98. The van der Waals surface area contributed by atoms with E-state index in [9.17, 15) is 0 Å². The second kappa shape index (κ2) is 5.89. The molecule has 1 saturated heterocycles. The van der Waals surface area contributed by atoms with Gasteiger partial charge >= 0.3 is 0 Å². The molecule has 0 bridgehead atoms. The van der Waals surface area contributed by atoms with E-state index in [1.54, 1.807) is 0 Å². The number of hydrogen-bond donors (Lipinski definition) is 0. The zero-order chi connectivity index (χ0) is 14.0. The zero-order valence-corrected chi connectivity index (χ0v) is 13.1. The third kappa shape index (κ3) is 2.93. The Morgan fingerprint density at radius 1 is 1.15 bits per heavy atom. The highest BCUT2D eigenvalue weighted by molar-refractivity contribution is 5.31. The Bertz CT molecular complexity index is 457. The Labute approximate surface area is 123 Å². The van der Waals surface area contributed by atoms with Crippen LogP contribution in [0.3, 0.4) is 0 Å². The van der Waals surface area contributed by atoms with Gasteiger partial charge in [-0.15, -0.1) is 0 Å². The number of ether oxygens (including phenoxy) is 1. The topological polar surface area (TPSA) is 12.5 Å². The molecule has 110 valence electrons. The van der Waals surface area contributed by atoms with Gasteiger partial charge in [-0.25, -0.2) is 0 Å². The van der Waals surface area contributed by atoms with Gasteiger partial charge in [-0.05, 0) is 55.7 Å². The molecule has 1 nitrogen and oxygen atoms in total. The highest BCUT2D eigenvalue weighted by Crippen LogP contribution is 2.49. The smallest absolute Gasteiger partial charge is 0.0948 e. The van der Waals surface area contributed by atoms with Gasteiger partial charge in [0.1, 0.15) is 0 Å². The van der Waals surface area contributed by atoms with Crippen molar-refractivity contribution in [2.45, 2.75) is 83.3 Å². The molecule has 1 aliphatic heterocycles. The Kier molecular flexibility index (Phi) is 4.16. The van der Waals surface area contributed by atoms with Crippen LogP contribution in [0.2, 0.25) is 0 Å². The van der Waals surface area contributed by atoms with Crippen LogP contribution < -0.4 is 0 Å². The molecule has 1 aromatic rings. The molecule has 3 rings (SSSR count). The fraction of sp³-hybridized carbons (Fsp3) is 0.684. The van der Waals surface area contributed by atoms with E-state index in [0.29, 0.717) is 11.7 Å². The summed E-state index contributed by atoms with van der Waals surface area (Å²) in [7, 11) is 0. The Hall–Kier alpha value is -0.820. The monoisotopic (exact) mass is 272 g/mol. The third-order valence-corrected chi connectivity index (χ3v) is 5.23. The van der Waals surface area contributed by atoms with Crippen molar-refractivity contribution in [3.63, 3.8) is 0 Å². The van der Waals surface area contributed by atoms with E-state index in [4.69, 9.17) is 4.74 Å². The number of aryl methyl sites for hydroxylation is 3. The molecule has 1 saturated carbocycles. The van der Waals surface area contributed by atoms with E-state index in [-0.39, 0.29) is 0 Å². The van der Waals surface area contributed by atoms with E-state index >= 15 is 0 Å². The van der Waals surface area contributed by atoms with Crippen LogP contribution in [0.1, 0.15) is 68.6 Å². The van der Waals surface area contributed by atoms with Crippen LogP contribution >= 0.6 is 0 Å². The maximum Gasteiger partial charge on any atom is 0.0948 e. The number of rotatable bonds is 5. The van der Waals surface area contributed by atoms with Crippen molar-refractivity contribution in [3.8, 4) is 0 Å². The summed E-state index contributed by atoms with van der Waals surface area (Å²) in [6.07, 6.45) is 12.2. The minimum atomic E-state index is 0.314. The Morgan fingerprint density at radius 3 is 2.65 bits per heavy atom. The molecule has 1 heteroatoms. The van der Waals surface area contributed by atoms with Crippen LogP contribution in [0.5, 0.6) is 0 Å². The molecule has 1 unspecified atom stereocenters. The first-order chi connectivity index (χ1) is 9.73. The van der Waals surface area contributed by atoms with Crippen molar-refractivity contribution >= 4 is 0 Å². The maximum atomic E-state index is 6.07. The molecule has 0 N–H and O–H groups in total. The number of benzene rings is 1. The van der Waals surface area contributed by atoms with Gasteiger partial charge in [0.25, 0.3) is 0 Å². The van der Waals surface area contributed by atoms with Gasteiger partial charge in [-0.3, -0.25) is 0 Å². The van der Waals surface area contributed by atoms with E-state index in [2.05, 4.69) is 32.0 Å². The van der Waals surface area contributed by atoms with E-state index < -0.39 is 0 Å². The Balaban J connectivity index is 1.54. The van der Waals surface area contributed by atoms with Crippen molar-refractivity contribution in [3.05, 3.63) is 34.9 Å². The van der Waals surface area contributed by atoms with Crippen molar-refractivity contribution in [1.29, 1.82) is 0 Å². The summed E-state index contributed by atoms with van der Waals surface area (Å²) in [6.45, 7) is 4.51. The lowest BCUT2D eigenvalue weighted by Crippen LogP contribution is -2.19. The standard InChI is InChI=1S/C19H28O/c1-3-7-16-8-9-17(15(2)14-16)10-11-18-19(20-18)12-5-4-6-13-19/h8-9,14,18H,3-7,10-13H2,1-2H3. The second-order valence-electron chi connectivity index (χ2n) is 6.78. The van der Waals surface area contributed by atoms with Crippen molar-refractivity contribution in [2.75, 3.05) is 0 Å². The molecule has 1 aliphatic carbocycles.